The molecule has 2 aliphatic rings. The zero-order valence-electron chi connectivity index (χ0n) is 12.6. The lowest BCUT2D eigenvalue weighted by atomic mass is 9.79. The van der Waals surface area contributed by atoms with Gasteiger partial charge in [0.1, 0.15) is 0 Å². The molecule has 0 spiro atoms. The fraction of sp³-hybridized carbons (Fsp3) is 1.00. The third kappa shape index (κ3) is 4.24. The highest BCUT2D eigenvalue weighted by Gasteiger charge is 2.24. The number of likely N-dealkylation sites (tertiary alicyclic amines) is 1. The van der Waals surface area contributed by atoms with Crippen LogP contribution in [-0.2, 0) is 0 Å². The molecule has 0 aromatic rings. The van der Waals surface area contributed by atoms with Gasteiger partial charge in [-0.1, -0.05) is 13.8 Å². The molecule has 2 fully saturated rings. The van der Waals surface area contributed by atoms with Crippen LogP contribution in [0.2, 0.25) is 0 Å². The number of piperidine rings is 1. The van der Waals surface area contributed by atoms with Gasteiger partial charge < -0.3 is 10.2 Å². The highest BCUT2D eigenvalue weighted by Crippen LogP contribution is 2.30. The minimum Gasteiger partial charge on any atom is -0.314 e. The van der Waals surface area contributed by atoms with E-state index in [1.807, 2.05) is 0 Å². The summed E-state index contributed by atoms with van der Waals surface area (Å²) in [6, 6.07) is 0.812. The molecule has 0 aromatic carbocycles. The van der Waals surface area contributed by atoms with Crippen LogP contribution in [0.25, 0.3) is 0 Å². The van der Waals surface area contributed by atoms with E-state index in [2.05, 4.69) is 31.1 Å². The van der Waals surface area contributed by atoms with Crippen LogP contribution in [-0.4, -0.2) is 37.6 Å². The lowest BCUT2D eigenvalue weighted by Crippen LogP contribution is -2.41. The Balaban J connectivity index is 1.63. The first-order valence-corrected chi connectivity index (χ1v) is 8.07. The van der Waals surface area contributed by atoms with Gasteiger partial charge in [0.2, 0.25) is 0 Å². The van der Waals surface area contributed by atoms with Crippen molar-refractivity contribution in [2.24, 2.45) is 17.8 Å². The summed E-state index contributed by atoms with van der Waals surface area (Å²) in [6.45, 7) is 8.62. The summed E-state index contributed by atoms with van der Waals surface area (Å²) in [5, 5.41) is 3.84. The first-order valence-electron chi connectivity index (χ1n) is 8.07. The van der Waals surface area contributed by atoms with Crippen LogP contribution < -0.4 is 5.32 Å². The molecule has 0 bridgehead atoms. The Bertz CT molecular complexity index is 231. The van der Waals surface area contributed by atoms with Gasteiger partial charge >= 0.3 is 0 Å². The largest absolute Gasteiger partial charge is 0.314 e. The lowest BCUT2D eigenvalue weighted by molar-refractivity contribution is 0.189. The molecule has 1 saturated carbocycles. The van der Waals surface area contributed by atoms with Crippen LogP contribution in [0.15, 0.2) is 0 Å². The monoisotopic (exact) mass is 252 g/mol. The van der Waals surface area contributed by atoms with E-state index in [1.165, 1.54) is 58.2 Å². The molecular formula is C16H32N2. The van der Waals surface area contributed by atoms with Crippen molar-refractivity contribution in [1.82, 2.24) is 10.2 Å². The van der Waals surface area contributed by atoms with Gasteiger partial charge in [-0.15, -0.1) is 0 Å². The summed E-state index contributed by atoms with van der Waals surface area (Å²) in [6.07, 6.45) is 8.53. The summed E-state index contributed by atoms with van der Waals surface area (Å²) in [5.74, 6) is 2.77. The van der Waals surface area contributed by atoms with Crippen molar-refractivity contribution in [3.8, 4) is 0 Å². The van der Waals surface area contributed by atoms with E-state index in [0.717, 1.165) is 23.8 Å². The van der Waals surface area contributed by atoms with Gasteiger partial charge in [-0.3, -0.25) is 0 Å². The molecule has 1 aliphatic carbocycles. The molecular weight excluding hydrogens is 220 g/mol. The molecule has 18 heavy (non-hydrogen) atoms. The van der Waals surface area contributed by atoms with Gasteiger partial charge in [0, 0.05) is 12.6 Å². The Morgan fingerprint density at radius 1 is 1.11 bits per heavy atom. The Morgan fingerprint density at radius 2 is 1.83 bits per heavy atom. The predicted molar refractivity (Wildman–Crippen MR) is 78.8 cm³/mol. The van der Waals surface area contributed by atoms with E-state index in [1.54, 1.807) is 0 Å². The molecule has 0 amide bonds. The third-order valence-electron chi connectivity index (χ3n) is 5.13. The molecule has 106 valence electrons. The minimum absolute atomic E-state index is 0.812. The number of nitrogens with zero attached hydrogens (tertiary/aromatic N) is 1. The van der Waals surface area contributed by atoms with Gasteiger partial charge in [0.25, 0.3) is 0 Å². The van der Waals surface area contributed by atoms with Gasteiger partial charge in [0.05, 0.1) is 0 Å². The van der Waals surface area contributed by atoms with E-state index in [0.29, 0.717) is 0 Å². The van der Waals surface area contributed by atoms with E-state index in [9.17, 15) is 0 Å². The molecule has 1 N–H and O–H groups in total. The summed E-state index contributed by atoms with van der Waals surface area (Å²) in [7, 11) is 2.26. The van der Waals surface area contributed by atoms with Crippen molar-refractivity contribution in [2.45, 2.75) is 58.4 Å². The van der Waals surface area contributed by atoms with Gasteiger partial charge in [-0.25, -0.2) is 0 Å². The second kappa shape index (κ2) is 6.91. The standard InChI is InChI=1S/C16H32N2/c1-13(2)15-6-8-16(9-7-15)17-11-14-5-4-10-18(3)12-14/h13-17H,4-12H2,1-3H3. The average molecular weight is 252 g/mol. The van der Waals surface area contributed by atoms with Crippen molar-refractivity contribution >= 4 is 0 Å². The Labute approximate surface area is 114 Å². The maximum atomic E-state index is 3.84. The SMILES string of the molecule is CC(C)C1CCC(NCC2CCCN(C)C2)CC1. The number of hydrogen-bond donors (Lipinski definition) is 1. The highest BCUT2D eigenvalue weighted by molar-refractivity contribution is 4.80. The second-order valence-electron chi connectivity index (χ2n) is 7.03. The highest BCUT2D eigenvalue weighted by atomic mass is 15.1. The van der Waals surface area contributed by atoms with Crippen molar-refractivity contribution in [2.75, 3.05) is 26.7 Å². The van der Waals surface area contributed by atoms with Gasteiger partial charge in [-0.05, 0) is 76.4 Å². The number of nitrogens with one attached hydrogen (secondary N) is 1. The van der Waals surface area contributed by atoms with Crippen LogP contribution in [0.1, 0.15) is 52.4 Å². The molecule has 1 saturated heterocycles. The zero-order chi connectivity index (χ0) is 13.0. The Hall–Kier alpha value is -0.0800. The molecule has 0 radical (unpaired) electrons. The van der Waals surface area contributed by atoms with E-state index < -0.39 is 0 Å². The third-order valence-corrected chi connectivity index (χ3v) is 5.13. The van der Waals surface area contributed by atoms with E-state index >= 15 is 0 Å². The van der Waals surface area contributed by atoms with Crippen LogP contribution in [0.3, 0.4) is 0 Å². The van der Waals surface area contributed by atoms with Crippen LogP contribution in [0.4, 0.5) is 0 Å². The first-order chi connectivity index (χ1) is 8.65. The lowest BCUT2D eigenvalue weighted by Gasteiger charge is -2.34. The summed E-state index contributed by atoms with van der Waals surface area (Å²) < 4.78 is 0. The van der Waals surface area contributed by atoms with Crippen molar-refractivity contribution in [3.63, 3.8) is 0 Å². The molecule has 0 aromatic heterocycles. The Kier molecular flexibility index (Phi) is 5.50. The average Bonchev–Trinajstić information content (AvgIpc) is 2.37. The summed E-state index contributed by atoms with van der Waals surface area (Å²) in [5.41, 5.74) is 0. The van der Waals surface area contributed by atoms with E-state index in [4.69, 9.17) is 0 Å². The fourth-order valence-electron chi connectivity index (χ4n) is 3.76. The van der Waals surface area contributed by atoms with E-state index in [-0.39, 0.29) is 0 Å². The van der Waals surface area contributed by atoms with Gasteiger partial charge in [0.15, 0.2) is 0 Å². The van der Waals surface area contributed by atoms with Crippen molar-refractivity contribution in [3.05, 3.63) is 0 Å². The van der Waals surface area contributed by atoms with Gasteiger partial charge in [-0.2, -0.15) is 0 Å². The quantitative estimate of drug-likeness (QED) is 0.827. The summed E-state index contributed by atoms with van der Waals surface area (Å²) in [4.78, 5) is 2.49. The topological polar surface area (TPSA) is 15.3 Å². The fourth-order valence-corrected chi connectivity index (χ4v) is 3.76. The van der Waals surface area contributed by atoms with Crippen molar-refractivity contribution < 1.29 is 0 Å². The number of hydrogen-bond acceptors (Lipinski definition) is 2. The molecule has 2 rings (SSSR count). The molecule has 2 nitrogen and oxygen atoms in total. The number of rotatable bonds is 4. The van der Waals surface area contributed by atoms with Crippen LogP contribution in [0, 0.1) is 17.8 Å². The summed E-state index contributed by atoms with van der Waals surface area (Å²) >= 11 is 0. The predicted octanol–water partition coefficient (Wildman–Crippen LogP) is 3.13. The van der Waals surface area contributed by atoms with Crippen LogP contribution >= 0.6 is 0 Å². The minimum atomic E-state index is 0.812. The van der Waals surface area contributed by atoms with Crippen LogP contribution in [0.5, 0.6) is 0 Å². The van der Waals surface area contributed by atoms with Crippen molar-refractivity contribution in [1.29, 1.82) is 0 Å². The zero-order valence-corrected chi connectivity index (χ0v) is 12.6. The molecule has 1 atom stereocenters. The first kappa shape index (κ1) is 14.3. The maximum absolute atomic E-state index is 3.84. The molecule has 2 heteroatoms. The normalized spacial score (nSPS) is 35.0. The molecule has 1 heterocycles. The Morgan fingerprint density at radius 3 is 2.44 bits per heavy atom. The smallest absolute Gasteiger partial charge is 0.00673 e. The molecule has 1 unspecified atom stereocenters. The second-order valence-corrected chi connectivity index (χ2v) is 7.03. The molecule has 1 aliphatic heterocycles. The maximum Gasteiger partial charge on any atom is 0.00673 e.